The van der Waals surface area contributed by atoms with Crippen molar-refractivity contribution in [3.05, 3.63) is 0 Å². The number of unbranched alkanes of at least 4 members (excludes halogenated alkanes) is 12. The van der Waals surface area contributed by atoms with Gasteiger partial charge in [0.1, 0.15) is 0 Å². The molecule has 0 aliphatic heterocycles. The minimum atomic E-state index is -4.16. The van der Waals surface area contributed by atoms with Crippen molar-refractivity contribution < 1.29 is 69.5 Å². The maximum Gasteiger partial charge on any atom is 1.00 e. The predicted molar refractivity (Wildman–Crippen MR) is 114 cm³/mol. The van der Waals surface area contributed by atoms with E-state index in [0.29, 0.717) is 25.7 Å². The summed E-state index contributed by atoms with van der Waals surface area (Å²) in [6.45, 7) is 3.99. The van der Waals surface area contributed by atoms with Crippen molar-refractivity contribution in [1.29, 1.82) is 0 Å². The van der Waals surface area contributed by atoms with E-state index in [4.69, 9.17) is 0 Å². The van der Waals surface area contributed by atoms with Crippen molar-refractivity contribution in [3.8, 4) is 0 Å². The summed E-state index contributed by atoms with van der Waals surface area (Å²) in [5.41, 5.74) is 0. The Hall–Kier alpha value is 1.51. The first-order valence-electron chi connectivity index (χ1n) is 11.5. The third-order valence-electron chi connectivity index (χ3n) is 5.57. The molecule has 0 aromatic rings. The summed E-state index contributed by atoms with van der Waals surface area (Å²) in [5.74, 6) is 0. The molecule has 0 fully saturated rings. The largest absolute Gasteiger partial charge is 1.00 e. The van der Waals surface area contributed by atoms with Crippen molar-refractivity contribution in [2.75, 3.05) is 0 Å². The maximum atomic E-state index is 11.0. The van der Waals surface area contributed by atoms with Crippen LogP contribution in [0.4, 0.5) is 0 Å². The van der Waals surface area contributed by atoms with Gasteiger partial charge in [0.15, 0.2) is 0 Å². The van der Waals surface area contributed by atoms with Gasteiger partial charge in [-0.15, -0.1) is 0 Å². The summed E-state index contributed by atoms with van der Waals surface area (Å²) in [6.07, 6.45) is 19.4. The number of aliphatic hydroxyl groups is 1. The van der Waals surface area contributed by atoms with Gasteiger partial charge in [0.25, 0.3) is 0 Å². The molecule has 4 nitrogen and oxygen atoms in total. The Kier molecular flexibility index (Phi) is 24.6. The van der Waals surface area contributed by atoms with Crippen molar-refractivity contribution in [2.24, 2.45) is 0 Å². The van der Waals surface area contributed by atoms with Gasteiger partial charge in [-0.3, -0.25) is 0 Å². The van der Waals surface area contributed by atoms with E-state index >= 15 is 0 Å². The first-order valence-corrected chi connectivity index (χ1v) is 13.0. The molecule has 2 atom stereocenters. The Labute approximate surface area is 218 Å². The first kappa shape index (κ1) is 31.7. The normalized spacial score (nSPS) is 13.9. The van der Waals surface area contributed by atoms with Crippen LogP contribution in [0.3, 0.4) is 0 Å². The summed E-state index contributed by atoms with van der Waals surface area (Å²) in [5, 5.41) is 9.25. The Bertz CT molecular complexity index is 415. The first-order chi connectivity index (χ1) is 12.9. The molecule has 0 amide bonds. The SMILES string of the molecule is CCCCCCCCCCCCCCC(O)CCCCC(CC)S(=O)(=O)[O-].[K+]. The van der Waals surface area contributed by atoms with Crippen LogP contribution in [0.1, 0.15) is 129 Å². The summed E-state index contributed by atoms with van der Waals surface area (Å²) in [7, 11) is -4.16. The monoisotopic (exact) mass is 444 g/mol. The van der Waals surface area contributed by atoms with Gasteiger partial charge in [-0.1, -0.05) is 104 Å². The van der Waals surface area contributed by atoms with Crippen LogP contribution >= 0.6 is 0 Å². The molecular weight excluding hydrogens is 399 g/mol. The van der Waals surface area contributed by atoms with Crippen LogP contribution < -0.4 is 51.4 Å². The van der Waals surface area contributed by atoms with Crippen LogP contribution in [-0.2, 0) is 10.1 Å². The van der Waals surface area contributed by atoms with Gasteiger partial charge in [-0.05, 0) is 25.7 Å². The van der Waals surface area contributed by atoms with Crippen molar-refractivity contribution in [2.45, 2.75) is 141 Å². The molecule has 0 rings (SSSR count). The molecule has 0 aliphatic rings. The Morgan fingerprint density at radius 2 is 1.04 bits per heavy atom. The molecule has 0 bridgehead atoms. The molecule has 0 saturated carbocycles. The summed E-state index contributed by atoms with van der Waals surface area (Å²) >= 11 is 0. The van der Waals surface area contributed by atoms with Crippen LogP contribution in [0.5, 0.6) is 0 Å². The molecule has 0 heterocycles. The molecule has 2 unspecified atom stereocenters. The third kappa shape index (κ3) is 20.8. The summed E-state index contributed by atoms with van der Waals surface area (Å²) in [4.78, 5) is 0. The molecular formula is C22H45KO4S. The van der Waals surface area contributed by atoms with E-state index in [1.54, 1.807) is 6.92 Å². The molecule has 6 heteroatoms. The van der Waals surface area contributed by atoms with Gasteiger partial charge in [0.05, 0.1) is 16.2 Å². The third-order valence-corrected chi connectivity index (χ3v) is 6.95. The quantitative estimate of drug-likeness (QED) is 0.177. The molecule has 0 radical (unpaired) electrons. The van der Waals surface area contributed by atoms with Gasteiger partial charge in [-0.2, -0.15) is 0 Å². The number of rotatable bonds is 20. The fraction of sp³-hybridized carbons (Fsp3) is 1.00. The minimum absolute atomic E-state index is 0. The molecule has 0 saturated heterocycles. The van der Waals surface area contributed by atoms with Gasteiger partial charge in [-0.25, -0.2) is 8.42 Å². The van der Waals surface area contributed by atoms with Gasteiger partial charge < -0.3 is 9.66 Å². The van der Waals surface area contributed by atoms with Crippen molar-refractivity contribution in [3.63, 3.8) is 0 Å². The zero-order valence-corrected chi connectivity index (χ0v) is 22.9. The molecule has 0 spiro atoms. The van der Waals surface area contributed by atoms with E-state index in [2.05, 4.69) is 6.92 Å². The van der Waals surface area contributed by atoms with E-state index in [1.165, 1.54) is 70.6 Å². The van der Waals surface area contributed by atoms with E-state index < -0.39 is 15.4 Å². The Balaban J connectivity index is 0. The Morgan fingerprint density at radius 1 is 0.679 bits per heavy atom. The molecule has 164 valence electrons. The molecule has 0 aliphatic carbocycles. The van der Waals surface area contributed by atoms with Crippen LogP contribution in [0.15, 0.2) is 0 Å². The second kappa shape index (κ2) is 21.7. The van der Waals surface area contributed by atoms with E-state index in [-0.39, 0.29) is 57.5 Å². The standard InChI is InChI=1S/C22H46O4S.K/c1-3-5-6-7-8-9-10-11-12-13-14-15-18-21(23)19-16-17-20-22(4-2)27(24,25)26;/h21-23H,3-20H2,1-2H3,(H,24,25,26);/q;+1/p-1. The second-order valence-corrected chi connectivity index (χ2v) is 9.79. The van der Waals surface area contributed by atoms with Crippen LogP contribution in [0.25, 0.3) is 0 Å². The summed E-state index contributed by atoms with van der Waals surface area (Å²) < 4.78 is 33.1. The minimum Gasteiger partial charge on any atom is -0.748 e. The number of aliphatic hydroxyl groups excluding tert-OH is 1. The molecule has 0 aromatic carbocycles. The second-order valence-electron chi connectivity index (χ2n) is 8.14. The van der Waals surface area contributed by atoms with E-state index in [9.17, 15) is 18.1 Å². The zero-order valence-electron chi connectivity index (χ0n) is 19.0. The molecule has 1 N–H and O–H groups in total. The van der Waals surface area contributed by atoms with E-state index in [0.717, 1.165) is 19.3 Å². The average molecular weight is 445 g/mol. The van der Waals surface area contributed by atoms with Crippen molar-refractivity contribution in [1.82, 2.24) is 0 Å². The van der Waals surface area contributed by atoms with Crippen molar-refractivity contribution >= 4 is 10.1 Å². The fourth-order valence-corrected chi connectivity index (χ4v) is 4.53. The smallest absolute Gasteiger partial charge is 0.748 e. The zero-order chi connectivity index (χ0) is 20.4. The average Bonchev–Trinajstić information content (AvgIpc) is 2.61. The maximum absolute atomic E-state index is 11.0. The predicted octanol–water partition coefficient (Wildman–Crippen LogP) is 3.33. The number of hydrogen-bond acceptors (Lipinski definition) is 4. The van der Waals surface area contributed by atoms with E-state index in [1.807, 2.05) is 0 Å². The molecule has 0 aromatic heterocycles. The van der Waals surface area contributed by atoms with Gasteiger partial charge >= 0.3 is 51.4 Å². The van der Waals surface area contributed by atoms with Crippen LogP contribution in [0, 0.1) is 0 Å². The molecule has 28 heavy (non-hydrogen) atoms. The number of hydrogen-bond donors (Lipinski definition) is 1. The van der Waals surface area contributed by atoms with Crippen LogP contribution in [0.2, 0.25) is 0 Å². The van der Waals surface area contributed by atoms with Gasteiger partial charge in [0.2, 0.25) is 0 Å². The topological polar surface area (TPSA) is 77.4 Å². The van der Waals surface area contributed by atoms with Crippen LogP contribution in [-0.4, -0.2) is 29.4 Å². The van der Waals surface area contributed by atoms with Gasteiger partial charge in [0, 0.05) is 5.25 Å². The summed E-state index contributed by atoms with van der Waals surface area (Å²) in [6, 6.07) is 0. The Morgan fingerprint density at radius 3 is 1.43 bits per heavy atom. The fourth-order valence-electron chi connectivity index (χ4n) is 3.67.